The summed E-state index contributed by atoms with van der Waals surface area (Å²) in [5.41, 5.74) is 1.42. The van der Waals surface area contributed by atoms with E-state index in [0.29, 0.717) is 16.3 Å². The van der Waals surface area contributed by atoms with E-state index < -0.39 is 12.9 Å². The van der Waals surface area contributed by atoms with Crippen LogP contribution < -0.4 is 10.2 Å². The van der Waals surface area contributed by atoms with E-state index in [1.165, 1.54) is 12.1 Å². The lowest BCUT2D eigenvalue weighted by atomic mass is 9.80. The summed E-state index contributed by atoms with van der Waals surface area (Å²) in [6.07, 6.45) is 0. The number of aryl methyl sites for hydroxylation is 1. The standard InChI is InChI=1S/C14H13BClFO3/c1-9-2-5-14(12(16)6-9)20-8-10-3-4-11(15(18)19)7-13(10)17/h2-7,18-19H,8H2,1H3. The Morgan fingerprint density at radius 1 is 1.20 bits per heavy atom. The van der Waals surface area contributed by atoms with Gasteiger partial charge in [0.2, 0.25) is 0 Å². The molecule has 2 rings (SSSR count). The Balaban J connectivity index is 2.11. The van der Waals surface area contributed by atoms with Gasteiger partial charge in [0.05, 0.1) is 5.02 Å². The van der Waals surface area contributed by atoms with Crippen molar-refractivity contribution < 1.29 is 19.2 Å². The highest BCUT2D eigenvalue weighted by molar-refractivity contribution is 6.58. The van der Waals surface area contributed by atoms with E-state index >= 15 is 0 Å². The van der Waals surface area contributed by atoms with Crippen LogP contribution in [0.3, 0.4) is 0 Å². The summed E-state index contributed by atoms with van der Waals surface area (Å²) >= 11 is 6.02. The van der Waals surface area contributed by atoms with Crippen LogP contribution in [0.4, 0.5) is 4.39 Å². The topological polar surface area (TPSA) is 49.7 Å². The minimum atomic E-state index is -1.69. The number of benzene rings is 2. The average Bonchev–Trinajstić information content (AvgIpc) is 2.38. The Bertz CT molecular complexity index is 619. The van der Waals surface area contributed by atoms with Crippen LogP contribution in [0.2, 0.25) is 5.02 Å². The highest BCUT2D eigenvalue weighted by Gasteiger charge is 2.14. The third-order valence-corrected chi connectivity index (χ3v) is 3.14. The molecule has 0 bridgehead atoms. The maximum absolute atomic E-state index is 13.7. The lowest BCUT2D eigenvalue weighted by molar-refractivity contribution is 0.300. The Hall–Kier alpha value is -1.56. The molecule has 0 saturated carbocycles. The molecular weight excluding hydrogens is 281 g/mol. The van der Waals surface area contributed by atoms with Crippen LogP contribution in [0, 0.1) is 12.7 Å². The van der Waals surface area contributed by atoms with Crippen molar-refractivity contribution >= 4 is 24.2 Å². The zero-order valence-corrected chi connectivity index (χ0v) is 11.6. The van der Waals surface area contributed by atoms with Crippen LogP contribution in [0.5, 0.6) is 5.75 Å². The van der Waals surface area contributed by atoms with Gasteiger partial charge in [0.25, 0.3) is 0 Å². The van der Waals surface area contributed by atoms with Gasteiger partial charge in [-0.25, -0.2) is 4.39 Å². The molecule has 0 aliphatic carbocycles. The van der Waals surface area contributed by atoms with Gasteiger partial charge >= 0.3 is 7.12 Å². The van der Waals surface area contributed by atoms with E-state index in [1.54, 1.807) is 12.1 Å². The molecule has 20 heavy (non-hydrogen) atoms. The number of rotatable bonds is 4. The summed E-state index contributed by atoms with van der Waals surface area (Å²) in [5, 5.41) is 18.4. The predicted octanol–water partition coefficient (Wildman–Crippen LogP) is 2.05. The average molecular weight is 295 g/mol. The SMILES string of the molecule is Cc1ccc(OCc2ccc(B(O)O)cc2F)c(Cl)c1. The lowest BCUT2D eigenvalue weighted by Gasteiger charge is -2.10. The molecular formula is C14H13BClFO3. The third-order valence-electron chi connectivity index (χ3n) is 2.85. The molecule has 0 spiro atoms. The molecule has 0 radical (unpaired) electrons. The number of hydrogen-bond donors (Lipinski definition) is 2. The third kappa shape index (κ3) is 3.51. The molecule has 2 N–H and O–H groups in total. The maximum atomic E-state index is 13.7. The molecule has 2 aromatic rings. The summed E-state index contributed by atoms with van der Waals surface area (Å²) in [6, 6.07) is 9.29. The molecule has 0 aliphatic rings. The van der Waals surface area contributed by atoms with E-state index in [0.717, 1.165) is 11.6 Å². The van der Waals surface area contributed by atoms with Crippen LogP contribution in [0.1, 0.15) is 11.1 Å². The Morgan fingerprint density at radius 3 is 2.55 bits per heavy atom. The van der Waals surface area contributed by atoms with Gasteiger partial charge in [-0.3, -0.25) is 0 Å². The second kappa shape index (κ2) is 6.26. The Labute approximate surface area is 121 Å². The largest absolute Gasteiger partial charge is 0.488 e. The van der Waals surface area contributed by atoms with Crippen LogP contribution in [-0.2, 0) is 6.61 Å². The zero-order valence-electron chi connectivity index (χ0n) is 10.8. The molecule has 0 fully saturated rings. The monoisotopic (exact) mass is 294 g/mol. The molecule has 0 aromatic heterocycles. The molecule has 0 unspecified atom stereocenters. The van der Waals surface area contributed by atoms with Gasteiger partial charge < -0.3 is 14.8 Å². The van der Waals surface area contributed by atoms with E-state index in [2.05, 4.69) is 0 Å². The van der Waals surface area contributed by atoms with Gasteiger partial charge in [-0.1, -0.05) is 29.8 Å². The van der Waals surface area contributed by atoms with Crippen LogP contribution >= 0.6 is 11.6 Å². The number of hydrogen-bond acceptors (Lipinski definition) is 3. The molecule has 0 heterocycles. The van der Waals surface area contributed by atoms with Gasteiger partial charge in [0, 0.05) is 5.56 Å². The quantitative estimate of drug-likeness (QED) is 0.849. The first kappa shape index (κ1) is 14.8. The van der Waals surface area contributed by atoms with Crippen molar-refractivity contribution in [1.29, 1.82) is 0 Å². The highest BCUT2D eigenvalue weighted by atomic mass is 35.5. The molecule has 104 valence electrons. The molecule has 3 nitrogen and oxygen atoms in total. The molecule has 0 aliphatic heterocycles. The molecule has 0 amide bonds. The van der Waals surface area contributed by atoms with Gasteiger partial charge in [-0.2, -0.15) is 0 Å². The van der Waals surface area contributed by atoms with Crippen molar-refractivity contribution in [3.05, 3.63) is 58.4 Å². The van der Waals surface area contributed by atoms with Crippen molar-refractivity contribution in [3.63, 3.8) is 0 Å². The van der Waals surface area contributed by atoms with Crippen molar-refractivity contribution in [1.82, 2.24) is 0 Å². The van der Waals surface area contributed by atoms with Crippen molar-refractivity contribution in [3.8, 4) is 5.75 Å². The maximum Gasteiger partial charge on any atom is 0.488 e. The Morgan fingerprint density at radius 2 is 1.95 bits per heavy atom. The second-order valence-corrected chi connectivity index (χ2v) is 4.85. The fourth-order valence-electron chi connectivity index (χ4n) is 1.72. The van der Waals surface area contributed by atoms with E-state index in [9.17, 15) is 4.39 Å². The summed E-state index contributed by atoms with van der Waals surface area (Å²) in [6.45, 7) is 1.92. The summed E-state index contributed by atoms with van der Waals surface area (Å²) in [4.78, 5) is 0. The van der Waals surface area contributed by atoms with Gasteiger partial charge in [0.1, 0.15) is 18.2 Å². The van der Waals surface area contributed by atoms with Gasteiger partial charge in [-0.15, -0.1) is 0 Å². The number of halogens is 2. The lowest BCUT2D eigenvalue weighted by Crippen LogP contribution is -2.30. The fourth-order valence-corrected chi connectivity index (χ4v) is 2.01. The van der Waals surface area contributed by atoms with E-state index in [4.69, 9.17) is 26.4 Å². The van der Waals surface area contributed by atoms with E-state index in [1.807, 2.05) is 13.0 Å². The first-order valence-corrected chi connectivity index (χ1v) is 6.38. The van der Waals surface area contributed by atoms with Gasteiger partial charge in [0.15, 0.2) is 0 Å². The van der Waals surface area contributed by atoms with E-state index in [-0.39, 0.29) is 12.1 Å². The van der Waals surface area contributed by atoms with Crippen LogP contribution in [0.25, 0.3) is 0 Å². The minimum absolute atomic E-state index is 0.0103. The predicted molar refractivity (Wildman–Crippen MR) is 76.7 cm³/mol. The van der Waals surface area contributed by atoms with Crippen LogP contribution in [0.15, 0.2) is 36.4 Å². The zero-order chi connectivity index (χ0) is 14.7. The van der Waals surface area contributed by atoms with Crippen molar-refractivity contribution in [2.45, 2.75) is 13.5 Å². The van der Waals surface area contributed by atoms with Crippen molar-refractivity contribution in [2.24, 2.45) is 0 Å². The molecule has 6 heteroatoms. The highest BCUT2D eigenvalue weighted by Crippen LogP contribution is 2.26. The first-order valence-electron chi connectivity index (χ1n) is 6.01. The molecule has 2 aromatic carbocycles. The van der Waals surface area contributed by atoms with Gasteiger partial charge in [-0.05, 0) is 36.1 Å². The molecule has 0 atom stereocenters. The number of ether oxygens (including phenoxy) is 1. The summed E-state index contributed by atoms with van der Waals surface area (Å²) < 4.78 is 19.2. The summed E-state index contributed by atoms with van der Waals surface area (Å²) in [7, 11) is -1.69. The second-order valence-electron chi connectivity index (χ2n) is 4.45. The normalized spacial score (nSPS) is 10.4. The summed E-state index contributed by atoms with van der Waals surface area (Å²) in [5.74, 6) is -0.0817. The van der Waals surface area contributed by atoms with Crippen LogP contribution in [-0.4, -0.2) is 17.2 Å². The smallest absolute Gasteiger partial charge is 0.487 e. The Kier molecular flexibility index (Phi) is 4.65. The minimum Gasteiger partial charge on any atom is -0.487 e. The fraction of sp³-hybridized carbons (Fsp3) is 0.143. The first-order chi connectivity index (χ1) is 9.47. The van der Waals surface area contributed by atoms with Crippen molar-refractivity contribution in [2.75, 3.05) is 0 Å². The molecule has 0 saturated heterocycles.